The Balaban J connectivity index is 1.82. The third-order valence-electron chi connectivity index (χ3n) is 4.25. The van der Waals surface area contributed by atoms with E-state index in [0.29, 0.717) is 31.5 Å². The van der Waals surface area contributed by atoms with Gasteiger partial charge in [-0.05, 0) is 36.5 Å². The SMILES string of the molecule is C#CCNC(=O)CC(=O)N1CCC(C(O)c2ccc(F)cc2)CC1. The van der Waals surface area contributed by atoms with E-state index >= 15 is 0 Å². The molecule has 0 bridgehead atoms. The summed E-state index contributed by atoms with van der Waals surface area (Å²) in [7, 11) is 0. The van der Waals surface area contributed by atoms with E-state index in [0.717, 1.165) is 0 Å². The van der Waals surface area contributed by atoms with Gasteiger partial charge >= 0.3 is 0 Å². The van der Waals surface area contributed by atoms with Gasteiger partial charge in [0.1, 0.15) is 12.2 Å². The molecular formula is C18H21FN2O3. The van der Waals surface area contributed by atoms with Crippen LogP contribution in [0.1, 0.15) is 30.9 Å². The zero-order valence-electron chi connectivity index (χ0n) is 13.4. The molecule has 0 saturated carbocycles. The summed E-state index contributed by atoms with van der Waals surface area (Å²) >= 11 is 0. The maximum absolute atomic E-state index is 12.9. The third-order valence-corrected chi connectivity index (χ3v) is 4.25. The molecule has 1 aliphatic heterocycles. The van der Waals surface area contributed by atoms with Crippen molar-refractivity contribution in [1.82, 2.24) is 10.2 Å². The number of nitrogens with one attached hydrogen (secondary N) is 1. The number of aliphatic hydroxyl groups excluding tert-OH is 1. The van der Waals surface area contributed by atoms with Gasteiger partial charge in [-0.2, -0.15) is 0 Å². The van der Waals surface area contributed by atoms with Crippen LogP contribution in [-0.4, -0.2) is 41.5 Å². The van der Waals surface area contributed by atoms with E-state index in [2.05, 4.69) is 11.2 Å². The van der Waals surface area contributed by atoms with E-state index in [4.69, 9.17) is 6.42 Å². The Hall–Kier alpha value is -2.39. The first kappa shape index (κ1) is 18.0. The number of nitrogens with zero attached hydrogens (tertiary/aromatic N) is 1. The second-order valence-corrected chi connectivity index (χ2v) is 5.87. The monoisotopic (exact) mass is 332 g/mol. The number of piperidine rings is 1. The lowest BCUT2D eigenvalue weighted by atomic mass is 9.87. The minimum absolute atomic E-state index is 0.00905. The summed E-state index contributed by atoms with van der Waals surface area (Å²) in [5, 5.41) is 12.9. The van der Waals surface area contributed by atoms with Gasteiger partial charge in [-0.3, -0.25) is 9.59 Å². The summed E-state index contributed by atoms with van der Waals surface area (Å²) in [5.74, 6) is 1.33. The highest BCUT2D eigenvalue weighted by molar-refractivity contribution is 5.97. The fraction of sp³-hybridized carbons (Fsp3) is 0.444. The van der Waals surface area contributed by atoms with E-state index < -0.39 is 6.10 Å². The summed E-state index contributed by atoms with van der Waals surface area (Å²) in [6, 6.07) is 5.80. The third kappa shape index (κ3) is 4.80. The molecule has 1 aliphatic rings. The first-order chi connectivity index (χ1) is 11.5. The lowest BCUT2D eigenvalue weighted by Gasteiger charge is -2.34. The largest absolute Gasteiger partial charge is 0.388 e. The normalized spacial score (nSPS) is 16.3. The van der Waals surface area contributed by atoms with Crippen LogP contribution in [0.4, 0.5) is 4.39 Å². The molecular weight excluding hydrogens is 311 g/mol. The minimum Gasteiger partial charge on any atom is -0.388 e. The number of hydrogen-bond acceptors (Lipinski definition) is 3. The molecule has 6 heteroatoms. The van der Waals surface area contributed by atoms with Crippen molar-refractivity contribution in [3.05, 3.63) is 35.6 Å². The van der Waals surface area contributed by atoms with Crippen LogP contribution in [0.25, 0.3) is 0 Å². The van der Waals surface area contributed by atoms with Crippen LogP contribution in [0.15, 0.2) is 24.3 Å². The molecule has 1 atom stereocenters. The first-order valence-corrected chi connectivity index (χ1v) is 7.92. The summed E-state index contributed by atoms with van der Waals surface area (Å²) < 4.78 is 12.9. The van der Waals surface area contributed by atoms with Gasteiger partial charge < -0.3 is 15.3 Å². The van der Waals surface area contributed by atoms with Gasteiger partial charge in [0.15, 0.2) is 0 Å². The van der Waals surface area contributed by atoms with E-state index in [1.165, 1.54) is 12.1 Å². The fourth-order valence-electron chi connectivity index (χ4n) is 2.86. The molecule has 1 fully saturated rings. The topological polar surface area (TPSA) is 69.6 Å². The number of aliphatic hydroxyl groups is 1. The number of halogens is 1. The van der Waals surface area contributed by atoms with Gasteiger partial charge in [0.25, 0.3) is 0 Å². The molecule has 128 valence electrons. The van der Waals surface area contributed by atoms with Crippen LogP contribution in [0, 0.1) is 24.1 Å². The Morgan fingerprint density at radius 1 is 1.33 bits per heavy atom. The van der Waals surface area contributed by atoms with E-state index in [1.54, 1.807) is 17.0 Å². The number of carbonyl (C=O) groups excluding carboxylic acids is 2. The Kier molecular flexibility index (Phi) is 6.33. The van der Waals surface area contributed by atoms with Crippen LogP contribution in [0.5, 0.6) is 0 Å². The lowest BCUT2D eigenvalue weighted by molar-refractivity contribution is -0.137. The molecule has 2 rings (SSSR count). The molecule has 1 saturated heterocycles. The Labute approximate surface area is 140 Å². The molecule has 0 spiro atoms. The van der Waals surface area contributed by atoms with Gasteiger partial charge in [0.05, 0.1) is 12.6 Å². The zero-order chi connectivity index (χ0) is 17.5. The molecule has 0 aliphatic carbocycles. The molecule has 0 radical (unpaired) electrons. The van der Waals surface area contributed by atoms with Crippen molar-refractivity contribution in [2.75, 3.05) is 19.6 Å². The highest BCUT2D eigenvalue weighted by Gasteiger charge is 2.28. The highest BCUT2D eigenvalue weighted by atomic mass is 19.1. The summed E-state index contributed by atoms with van der Waals surface area (Å²) in [6.45, 7) is 1.09. The van der Waals surface area contributed by atoms with E-state index in [1.807, 2.05) is 0 Å². The zero-order valence-corrected chi connectivity index (χ0v) is 13.4. The number of terminal acetylenes is 1. The molecule has 5 nitrogen and oxygen atoms in total. The fourth-order valence-corrected chi connectivity index (χ4v) is 2.86. The maximum atomic E-state index is 12.9. The smallest absolute Gasteiger partial charge is 0.232 e. The highest BCUT2D eigenvalue weighted by Crippen LogP contribution is 2.30. The van der Waals surface area contributed by atoms with Gasteiger partial charge in [0.2, 0.25) is 11.8 Å². The molecule has 1 aromatic carbocycles. The van der Waals surface area contributed by atoms with Crippen LogP contribution in [0.3, 0.4) is 0 Å². The van der Waals surface area contributed by atoms with Crippen molar-refractivity contribution in [2.24, 2.45) is 5.92 Å². The van der Waals surface area contributed by atoms with Crippen molar-refractivity contribution < 1.29 is 19.1 Å². The van der Waals surface area contributed by atoms with Crippen molar-refractivity contribution in [2.45, 2.75) is 25.4 Å². The standard InChI is InChI=1S/C18H21FN2O3/c1-2-9-20-16(22)12-17(23)21-10-7-14(8-11-21)18(24)13-3-5-15(19)6-4-13/h1,3-6,14,18,24H,7-12H2,(H,20,22). The number of carbonyl (C=O) groups is 2. The van der Waals surface area contributed by atoms with Crippen LogP contribution >= 0.6 is 0 Å². The Bertz CT molecular complexity index is 616. The second kappa shape index (κ2) is 8.46. The minimum atomic E-state index is -0.679. The predicted octanol–water partition coefficient (Wildman–Crippen LogP) is 1.24. The maximum Gasteiger partial charge on any atom is 0.232 e. The quantitative estimate of drug-likeness (QED) is 0.630. The lowest BCUT2D eigenvalue weighted by Crippen LogP contribution is -2.41. The number of benzene rings is 1. The molecule has 1 unspecified atom stereocenters. The van der Waals surface area contributed by atoms with Crippen molar-refractivity contribution in [1.29, 1.82) is 0 Å². The van der Waals surface area contributed by atoms with E-state index in [9.17, 15) is 19.1 Å². The summed E-state index contributed by atoms with van der Waals surface area (Å²) in [5.41, 5.74) is 0.676. The number of rotatable bonds is 5. The molecule has 0 aromatic heterocycles. The average Bonchev–Trinajstić information content (AvgIpc) is 2.60. The first-order valence-electron chi connectivity index (χ1n) is 7.92. The summed E-state index contributed by atoms with van der Waals surface area (Å²) in [4.78, 5) is 25.2. The van der Waals surface area contributed by atoms with Crippen LogP contribution in [-0.2, 0) is 9.59 Å². The number of hydrogen-bond donors (Lipinski definition) is 2. The summed E-state index contributed by atoms with van der Waals surface area (Å²) in [6.07, 6.45) is 5.42. The van der Waals surface area contributed by atoms with E-state index in [-0.39, 0.29) is 36.5 Å². The van der Waals surface area contributed by atoms with Gasteiger partial charge in [-0.15, -0.1) is 6.42 Å². The van der Waals surface area contributed by atoms with Crippen molar-refractivity contribution in [3.8, 4) is 12.3 Å². The predicted molar refractivity (Wildman–Crippen MR) is 87.1 cm³/mol. The van der Waals surface area contributed by atoms with Gasteiger partial charge in [-0.1, -0.05) is 18.1 Å². The van der Waals surface area contributed by atoms with Crippen LogP contribution < -0.4 is 5.32 Å². The number of likely N-dealkylation sites (tertiary alicyclic amines) is 1. The Morgan fingerprint density at radius 3 is 2.54 bits per heavy atom. The molecule has 2 N–H and O–H groups in total. The second-order valence-electron chi connectivity index (χ2n) is 5.87. The molecule has 1 aromatic rings. The Morgan fingerprint density at radius 2 is 1.96 bits per heavy atom. The molecule has 1 heterocycles. The van der Waals surface area contributed by atoms with Crippen molar-refractivity contribution >= 4 is 11.8 Å². The van der Waals surface area contributed by atoms with Crippen molar-refractivity contribution in [3.63, 3.8) is 0 Å². The van der Waals surface area contributed by atoms with Crippen LogP contribution in [0.2, 0.25) is 0 Å². The molecule has 24 heavy (non-hydrogen) atoms. The van der Waals surface area contributed by atoms with Gasteiger partial charge in [0, 0.05) is 13.1 Å². The van der Waals surface area contributed by atoms with Gasteiger partial charge in [-0.25, -0.2) is 4.39 Å². The molecule has 2 amide bonds. The average molecular weight is 332 g/mol. The number of amides is 2.